The summed E-state index contributed by atoms with van der Waals surface area (Å²) in [5, 5.41) is 6.96. The second-order valence-electron chi connectivity index (χ2n) is 6.32. The van der Waals surface area contributed by atoms with E-state index < -0.39 is 0 Å². The Bertz CT molecular complexity index is 1050. The van der Waals surface area contributed by atoms with Gasteiger partial charge in [0.25, 0.3) is 5.91 Å². The van der Waals surface area contributed by atoms with E-state index in [4.69, 9.17) is 23.2 Å². The SMILES string of the molecule is O=C(c1cccnc1Cl)N1N=C(c2ccc(Cl)cc2)CC1c1ccc(Br)cc1. The second kappa shape index (κ2) is 8.03. The smallest absolute Gasteiger partial charge is 0.267 e. The minimum absolute atomic E-state index is 0.164. The van der Waals surface area contributed by atoms with Crippen LogP contribution in [0.3, 0.4) is 0 Å². The van der Waals surface area contributed by atoms with Crippen molar-refractivity contribution in [3.05, 3.63) is 98.2 Å². The zero-order valence-corrected chi connectivity index (χ0v) is 17.6. The Kier molecular flexibility index (Phi) is 5.49. The largest absolute Gasteiger partial charge is 0.277 e. The minimum atomic E-state index is -0.282. The number of halogens is 3. The first kappa shape index (κ1) is 19.1. The van der Waals surface area contributed by atoms with E-state index in [2.05, 4.69) is 26.0 Å². The van der Waals surface area contributed by atoms with Gasteiger partial charge in [-0.2, -0.15) is 5.10 Å². The van der Waals surface area contributed by atoms with Crippen molar-refractivity contribution >= 4 is 50.8 Å². The zero-order valence-electron chi connectivity index (χ0n) is 14.5. The van der Waals surface area contributed by atoms with Crippen LogP contribution in [-0.4, -0.2) is 21.6 Å². The van der Waals surface area contributed by atoms with Gasteiger partial charge in [0, 0.05) is 22.1 Å². The Hall–Kier alpha value is -2.21. The molecular weight excluding hydrogens is 461 g/mol. The summed E-state index contributed by atoms with van der Waals surface area (Å²) in [4.78, 5) is 17.2. The lowest BCUT2D eigenvalue weighted by molar-refractivity contribution is 0.0711. The lowest BCUT2D eigenvalue weighted by atomic mass is 9.98. The van der Waals surface area contributed by atoms with Crippen molar-refractivity contribution in [2.75, 3.05) is 0 Å². The average molecular weight is 475 g/mol. The standard InChI is InChI=1S/C21H14BrCl2N3O/c22-15-7-3-14(4-8-15)19-12-18(13-5-9-16(23)10-6-13)26-27(19)21(28)17-2-1-11-25-20(17)24/h1-11,19H,12H2. The molecule has 7 heteroatoms. The fourth-order valence-electron chi connectivity index (χ4n) is 3.13. The number of carbonyl (C=O) groups is 1. The molecule has 1 aliphatic heterocycles. The second-order valence-corrected chi connectivity index (χ2v) is 8.03. The topological polar surface area (TPSA) is 45.6 Å². The first-order valence-corrected chi connectivity index (χ1v) is 10.1. The molecule has 4 rings (SSSR count). The number of hydrogen-bond acceptors (Lipinski definition) is 3. The van der Waals surface area contributed by atoms with Gasteiger partial charge in [-0.15, -0.1) is 0 Å². The fourth-order valence-corrected chi connectivity index (χ4v) is 3.72. The number of amides is 1. The predicted molar refractivity (Wildman–Crippen MR) is 115 cm³/mol. The van der Waals surface area contributed by atoms with Crippen LogP contribution in [0.2, 0.25) is 10.2 Å². The summed E-state index contributed by atoms with van der Waals surface area (Å²) in [6, 6.07) is 18.4. The Morgan fingerprint density at radius 3 is 2.43 bits per heavy atom. The molecule has 1 aromatic heterocycles. The van der Waals surface area contributed by atoms with Gasteiger partial charge < -0.3 is 0 Å². The van der Waals surface area contributed by atoms with Crippen molar-refractivity contribution in [2.45, 2.75) is 12.5 Å². The molecule has 0 saturated carbocycles. The average Bonchev–Trinajstić information content (AvgIpc) is 3.14. The van der Waals surface area contributed by atoms with Gasteiger partial charge in [-0.05, 0) is 47.5 Å². The number of pyridine rings is 1. The first-order valence-electron chi connectivity index (χ1n) is 8.56. The van der Waals surface area contributed by atoms with Crippen LogP contribution in [-0.2, 0) is 0 Å². The molecule has 2 aromatic carbocycles. The summed E-state index contributed by atoms with van der Waals surface area (Å²) >= 11 is 15.6. The van der Waals surface area contributed by atoms with Crippen LogP contribution < -0.4 is 0 Å². The number of rotatable bonds is 3. The molecule has 0 aliphatic carbocycles. The van der Waals surface area contributed by atoms with Crippen LogP contribution in [0.4, 0.5) is 0 Å². The number of benzene rings is 2. The van der Waals surface area contributed by atoms with E-state index in [1.54, 1.807) is 18.3 Å². The number of hydrazone groups is 1. The third-order valence-electron chi connectivity index (χ3n) is 4.54. The lowest BCUT2D eigenvalue weighted by Crippen LogP contribution is -2.27. The van der Waals surface area contributed by atoms with Gasteiger partial charge in [0.15, 0.2) is 0 Å². The van der Waals surface area contributed by atoms with E-state index in [0.29, 0.717) is 17.0 Å². The van der Waals surface area contributed by atoms with E-state index in [1.807, 2.05) is 48.5 Å². The van der Waals surface area contributed by atoms with Crippen LogP contribution in [0, 0.1) is 0 Å². The summed E-state index contributed by atoms with van der Waals surface area (Å²) in [6.07, 6.45) is 2.14. The van der Waals surface area contributed by atoms with Crippen molar-refractivity contribution in [2.24, 2.45) is 5.10 Å². The quantitative estimate of drug-likeness (QED) is 0.428. The molecule has 4 nitrogen and oxygen atoms in total. The van der Waals surface area contributed by atoms with E-state index in [0.717, 1.165) is 21.3 Å². The fraction of sp³-hybridized carbons (Fsp3) is 0.0952. The van der Waals surface area contributed by atoms with Crippen LogP contribution in [0.1, 0.15) is 33.9 Å². The first-order chi connectivity index (χ1) is 13.5. The third-order valence-corrected chi connectivity index (χ3v) is 5.62. The van der Waals surface area contributed by atoms with Crippen molar-refractivity contribution in [3.8, 4) is 0 Å². The van der Waals surface area contributed by atoms with Crippen LogP contribution in [0.5, 0.6) is 0 Å². The normalized spacial score (nSPS) is 16.2. The number of aromatic nitrogens is 1. The molecule has 1 amide bonds. The molecule has 0 saturated heterocycles. The Balaban J connectivity index is 1.75. The molecule has 28 heavy (non-hydrogen) atoms. The van der Waals surface area contributed by atoms with E-state index in [-0.39, 0.29) is 17.1 Å². The number of carbonyl (C=O) groups excluding carboxylic acids is 1. The Labute approximate surface area is 180 Å². The van der Waals surface area contributed by atoms with Crippen molar-refractivity contribution < 1.29 is 4.79 Å². The third kappa shape index (κ3) is 3.83. The molecule has 140 valence electrons. The number of hydrogen-bond donors (Lipinski definition) is 0. The van der Waals surface area contributed by atoms with Gasteiger partial charge in [0.05, 0.1) is 17.3 Å². The molecular formula is C21H14BrCl2N3O. The summed E-state index contributed by atoms with van der Waals surface area (Å²) in [6.45, 7) is 0. The van der Waals surface area contributed by atoms with Crippen LogP contribution in [0.15, 0.2) is 76.4 Å². The van der Waals surface area contributed by atoms with E-state index >= 15 is 0 Å². The highest BCUT2D eigenvalue weighted by Crippen LogP contribution is 2.35. The van der Waals surface area contributed by atoms with Crippen LogP contribution in [0.25, 0.3) is 0 Å². The molecule has 0 bridgehead atoms. The molecule has 3 aromatic rings. The molecule has 0 radical (unpaired) electrons. The van der Waals surface area contributed by atoms with Gasteiger partial charge in [0.1, 0.15) is 5.15 Å². The summed E-state index contributed by atoms with van der Waals surface area (Å²) in [5.74, 6) is -0.282. The van der Waals surface area contributed by atoms with Gasteiger partial charge in [0.2, 0.25) is 0 Å². The highest BCUT2D eigenvalue weighted by molar-refractivity contribution is 9.10. The Morgan fingerprint density at radius 1 is 1.04 bits per heavy atom. The van der Waals surface area contributed by atoms with E-state index in [9.17, 15) is 4.79 Å². The monoisotopic (exact) mass is 473 g/mol. The minimum Gasteiger partial charge on any atom is -0.267 e. The molecule has 0 spiro atoms. The van der Waals surface area contributed by atoms with Gasteiger partial charge in [-0.1, -0.05) is 63.4 Å². The molecule has 1 aliphatic rings. The summed E-state index contributed by atoms with van der Waals surface area (Å²) < 4.78 is 0.973. The molecule has 2 heterocycles. The van der Waals surface area contributed by atoms with Crippen molar-refractivity contribution in [1.29, 1.82) is 0 Å². The van der Waals surface area contributed by atoms with E-state index in [1.165, 1.54) is 5.01 Å². The highest BCUT2D eigenvalue weighted by atomic mass is 79.9. The maximum Gasteiger partial charge on any atom is 0.277 e. The lowest BCUT2D eigenvalue weighted by Gasteiger charge is -2.22. The Morgan fingerprint density at radius 2 is 1.75 bits per heavy atom. The van der Waals surface area contributed by atoms with Gasteiger partial charge in [-0.3, -0.25) is 4.79 Å². The molecule has 0 N–H and O–H groups in total. The molecule has 1 atom stereocenters. The summed E-state index contributed by atoms with van der Waals surface area (Å²) in [7, 11) is 0. The van der Waals surface area contributed by atoms with Crippen LogP contribution >= 0.6 is 39.1 Å². The van der Waals surface area contributed by atoms with Gasteiger partial charge in [-0.25, -0.2) is 9.99 Å². The summed E-state index contributed by atoms with van der Waals surface area (Å²) in [5.41, 5.74) is 3.06. The molecule has 1 unspecified atom stereocenters. The van der Waals surface area contributed by atoms with Crippen molar-refractivity contribution in [3.63, 3.8) is 0 Å². The number of nitrogens with zero attached hydrogens (tertiary/aromatic N) is 3. The molecule has 0 fully saturated rings. The van der Waals surface area contributed by atoms with Gasteiger partial charge >= 0.3 is 0 Å². The zero-order chi connectivity index (χ0) is 19.7. The maximum atomic E-state index is 13.2. The van der Waals surface area contributed by atoms with Crippen molar-refractivity contribution in [1.82, 2.24) is 9.99 Å². The predicted octanol–water partition coefficient (Wildman–Crippen LogP) is 6.14. The maximum absolute atomic E-state index is 13.2. The highest BCUT2D eigenvalue weighted by Gasteiger charge is 2.34.